The van der Waals surface area contributed by atoms with E-state index in [9.17, 15) is 4.39 Å². The SMILES string of the molecule is Fc1cccc(Nc2nnc(-c3n[nH]c4c3CCCC4)o2)c1. The van der Waals surface area contributed by atoms with Crippen molar-refractivity contribution in [3.05, 3.63) is 41.3 Å². The van der Waals surface area contributed by atoms with Gasteiger partial charge in [0.1, 0.15) is 5.82 Å². The lowest BCUT2D eigenvalue weighted by Gasteiger charge is -2.09. The molecule has 0 saturated heterocycles. The van der Waals surface area contributed by atoms with Crippen molar-refractivity contribution in [1.82, 2.24) is 20.4 Å². The summed E-state index contributed by atoms with van der Waals surface area (Å²) in [4.78, 5) is 0. The van der Waals surface area contributed by atoms with Gasteiger partial charge in [0, 0.05) is 16.9 Å². The molecular formula is C15H14FN5O. The van der Waals surface area contributed by atoms with Gasteiger partial charge >= 0.3 is 6.01 Å². The number of H-pyrrole nitrogens is 1. The number of aromatic nitrogens is 4. The first-order valence-corrected chi connectivity index (χ1v) is 7.22. The van der Waals surface area contributed by atoms with Crippen molar-refractivity contribution in [3.8, 4) is 11.6 Å². The molecular weight excluding hydrogens is 285 g/mol. The van der Waals surface area contributed by atoms with Crippen molar-refractivity contribution in [1.29, 1.82) is 0 Å². The Kier molecular flexibility index (Phi) is 3.10. The maximum absolute atomic E-state index is 13.2. The van der Waals surface area contributed by atoms with Crippen LogP contribution in [0.5, 0.6) is 0 Å². The van der Waals surface area contributed by atoms with Gasteiger partial charge in [-0.05, 0) is 43.9 Å². The van der Waals surface area contributed by atoms with E-state index < -0.39 is 0 Å². The van der Waals surface area contributed by atoms with E-state index in [0.29, 0.717) is 11.6 Å². The molecule has 7 heteroatoms. The van der Waals surface area contributed by atoms with Gasteiger partial charge in [-0.2, -0.15) is 5.10 Å². The molecule has 2 aromatic heterocycles. The zero-order valence-corrected chi connectivity index (χ0v) is 11.8. The van der Waals surface area contributed by atoms with E-state index in [1.54, 1.807) is 12.1 Å². The van der Waals surface area contributed by atoms with E-state index in [4.69, 9.17) is 4.42 Å². The molecule has 2 N–H and O–H groups in total. The van der Waals surface area contributed by atoms with Crippen LogP contribution in [-0.4, -0.2) is 20.4 Å². The van der Waals surface area contributed by atoms with Crippen molar-refractivity contribution in [3.63, 3.8) is 0 Å². The number of halogens is 1. The van der Waals surface area contributed by atoms with E-state index in [1.807, 2.05) is 0 Å². The normalized spacial score (nSPS) is 13.9. The fourth-order valence-corrected chi connectivity index (χ4v) is 2.72. The molecule has 112 valence electrons. The number of nitrogens with one attached hydrogen (secondary N) is 2. The van der Waals surface area contributed by atoms with Crippen molar-refractivity contribution in [2.75, 3.05) is 5.32 Å². The molecule has 0 saturated carbocycles. The van der Waals surface area contributed by atoms with Gasteiger partial charge in [-0.15, -0.1) is 5.10 Å². The van der Waals surface area contributed by atoms with Gasteiger partial charge in [0.2, 0.25) is 0 Å². The number of hydrogen-bond acceptors (Lipinski definition) is 5. The summed E-state index contributed by atoms with van der Waals surface area (Å²) in [5, 5.41) is 18.2. The summed E-state index contributed by atoms with van der Waals surface area (Å²) in [5.41, 5.74) is 3.58. The number of nitrogens with zero attached hydrogens (tertiary/aromatic N) is 3. The van der Waals surface area contributed by atoms with Crippen molar-refractivity contribution in [2.45, 2.75) is 25.7 Å². The van der Waals surface area contributed by atoms with Crippen LogP contribution >= 0.6 is 0 Å². The first-order chi connectivity index (χ1) is 10.8. The molecule has 0 fully saturated rings. The number of anilines is 2. The molecule has 0 unspecified atom stereocenters. The molecule has 0 radical (unpaired) electrons. The van der Waals surface area contributed by atoms with Gasteiger partial charge in [-0.3, -0.25) is 5.10 Å². The molecule has 1 aliphatic rings. The minimum Gasteiger partial charge on any atom is -0.401 e. The Labute approximate surface area is 125 Å². The number of aryl methyl sites for hydroxylation is 1. The third-order valence-electron chi connectivity index (χ3n) is 3.76. The quantitative estimate of drug-likeness (QED) is 0.776. The molecule has 6 nitrogen and oxygen atoms in total. The molecule has 3 aromatic rings. The third kappa shape index (κ3) is 2.34. The Balaban J connectivity index is 1.60. The second-order valence-corrected chi connectivity index (χ2v) is 5.28. The molecule has 0 atom stereocenters. The first kappa shape index (κ1) is 13.0. The Hall–Kier alpha value is -2.70. The van der Waals surface area contributed by atoms with Crippen LogP contribution in [0.2, 0.25) is 0 Å². The van der Waals surface area contributed by atoms with Crippen molar-refractivity contribution >= 4 is 11.7 Å². The standard InChI is InChI=1S/C15H14FN5O/c16-9-4-3-5-10(8-9)17-15-21-20-14(22-15)13-11-6-1-2-7-12(11)18-19-13/h3-5,8H,1-2,6-7H2,(H,17,21)(H,18,19). The van der Waals surface area contributed by atoms with E-state index in [-0.39, 0.29) is 11.8 Å². The average molecular weight is 299 g/mol. The van der Waals surface area contributed by atoms with Crippen LogP contribution in [0, 0.1) is 5.82 Å². The van der Waals surface area contributed by atoms with Gasteiger partial charge in [-0.25, -0.2) is 4.39 Å². The van der Waals surface area contributed by atoms with Gasteiger partial charge in [-0.1, -0.05) is 11.2 Å². The first-order valence-electron chi connectivity index (χ1n) is 7.22. The number of hydrogen-bond donors (Lipinski definition) is 2. The molecule has 0 spiro atoms. The monoisotopic (exact) mass is 299 g/mol. The van der Waals surface area contributed by atoms with Gasteiger partial charge in [0.05, 0.1) is 0 Å². The highest BCUT2D eigenvalue weighted by atomic mass is 19.1. The fraction of sp³-hybridized carbons (Fsp3) is 0.267. The summed E-state index contributed by atoms with van der Waals surface area (Å²) in [6, 6.07) is 6.29. The lowest BCUT2D eigenvalue weighted by Crippen LogP contribution is -2.01. The Morgan fingerprint density at radius 1 is 1.18 bits per heavy atom. The number of rotatable bonds is 3. The molecule has 1 aliphatic carbocycles. The zero-order valence-electron chi connectivity index (χ0n) is 11.8. The Morgan fingerprint density at radius 2 is 2.09 bits per heavy atom. The predicted octanol–water partition coefficient (Wildman–Crippen LogP) is 3.22. The van der Waals surface area contributed by atoms with Gasteiger partial charge < -0.3 is 9.73 Å². The molecule has 0 amide bonds. The lowest BCUT2D eigenvalue weighted by atomic mass is 9.96. The summed E-state index contributed by atoms with van der Waals surface area (Å²) in [6.45, 7) is 0. The van der Waals surface area contributed by atoms with Gasteiger partial charge in [0.15, 0.2) is 5.69 Å². The highest BCUT2D eigenvalue weighted by Gasteiger charge is 2.21. The van der Waals surface area contributed by atoms with E-state index in [1.165, 1.54) is 18.6 Å². The van der Waals surface area contributed by atoms with Crippen LogP contribution in [-0.2, 0) is 12.8 Å². The van der Waals surface area contributed by atoms with Crippen LogP contribution in [0.1, 0.15) is 24.1 Å². The fourth-order valence-electron chi connectivity index (χ4n) is 2.72. The highest BCUT2D eigenvalue weighted by Crippen LogP contribution is 2.29. The molecule has 2 heterocycles. The summed E-state index contributed by atoms with van der Waals surface area (Å²) in [5.74, 6) is 0.0458. The molecule has 1 aromatic carbocycles. The topological polar surface area (TPSA) is 79.6 Å². The second kappa shape index (κ2) is 5.25. The molecule has 4 rings (SSSR count). The Morgan fingerprint density at radius 3 is 3.00 bits per heavy atom. The smallest absolute Gasteiger partial charge is 0.320 e. The lowest BCUT2D eigenvalue weighted by molar-refractivity contribution is 0.583. The third-order valence-corrected chi connectivity index (χ3v) is 3.76. The van der Waals surface area contributed by atoms with Crippen molar-refractivity contribution in [2.24, 2.45) is 0 Å². The highest BCUT2D eigenvalue weighted by molar-refractivity contribution is 5.57. The molecule has 0 bridgehead atoms. The van der Waals surface area contributed by atoms with Crippen LogP contribution < -0.4 is 5.32 Å². The van der Waals surface area contributed by atoms with E-state index in [2.05, 4.69) is 25.7 Å². The largest absolute Gasteiger partial charge is 0.401 e. The summed E-state index contributed by atoms with van der Waals surface area (Å²) in [7, 11) is 0. The minimum absolute atomic E-state index is 0.216. The number of fused-ring (bicyclic) bond motifs is 1. The second-order valence-electron chi connectivity index (χ2n) is 5.28. The van der Waals surface area contributed by atoms with Crippen LogP contribution in [0.25, 0.3) is 11.6 Å². The maximum Gasteiger partial charge on any atom is 0.320 e. The van der Waals surface area contributed by atoms with E-state index in [0.717, 1.165) is 36.2 Å². The summed E-state index contributed by atoms with van der Waals surface area (Å²) < 4.78 is 18.8. The predicted molar refractivity (Wildman–Crippen MR) is 78.2 cm³/mol. The van der Waals surface area contributed by atoms with Crippen LogP contribution in [0.3, 0.4) is 0 Å². The van der Waals surface area contributed by atoms with Crippen molar-refractivity contribution < 1.29 is 8.81 Å². The van der Waals surface area contributed by atoms with E-state index >= 15 is 0 Å². The summed E-state index contributed by atoms with van der Waals surface area (Å²) in [6.07, 6.45) is 4.29. The number of aromatic amines is 1. The summed E-state index contributed by atoms with van der Waals surface area (Å²) >= 11 is 0. The minimum atomic E-state index is -0.328. The zero-order chi connectivity index (χ0) is 14.9. The average Bonchev–Trinajstić information content (AvgIpc) is 3.13. The van der Waals surface area contributed by atoms with Crippen LogP contribution in [0.15, 0.2) is 28.7 Å². The maximum atomic E-state index is 13.2. The molecule has 22 heavy (non-hydrogen) atoms. The molecule has 0 aliphatic heterocycles. The van der Waals surface area contributed by atoms with Gasteiger partial charge in [0.25, 0.3) is 5.89 Å². The Bertz CT molecular complexity index is 810. The van der Waals surface area contributed by atoms with Crippen LogP contribution in [0.4, 0.5) is 16.1 Å². The number of benzene rings is 1.